The van der Waals surface area contributed by atoms with E-state index < -0.39 is 0 Å². The van der Waals surface area contributed by atoms with Crippen LogP contribution in [0.4, 0.5) is 0 Å². The van der Waals surface area contributed by atoms with Crippen LogP contribution < -0.4 is 0 Å². The molecule has 58 valence electrons. The molecule has 0 aromatic carbocycles. The maximum absolute atomic E-state index is 9.43. The zero-order valence-electron chi connectivity index (χ0n) is 6.59. The Morgan fingerprint density at radius 1 is 1.50 bits per heavy atom. The largest absolute Gasteiger partial charge is 0.393 e. The van der Waals surface area contributed by atoms with Crippen LogP contribution in [-0.2, 0) is 0 Å². The molecule has 1 nitrogen and oxygen atoms in total. The molecular weight excluding hydrogens is 124 g/mol. The van der Waals surface area contributed by atoms with Crippen molar-refractivity contribution in [2.75, 3.05) is 0 Å². The molecule has 1 aliphatic carbocycles. The van der Waals surface area contributed by atoms with Gasteiger partial charge < -0.3 is 5.11 Å². The normalized spacial score (nSPS) is 41.2. The molecule has 1 saturated carbocycles. The van der Waals surface area contributed by atoms with E-state index in [0.717, 1.165) is 12.8 Å². The number of allylic oxidation sites excluding steroid dienone is 1. The number of hydrogen-bond donors (Lipinski definition) is 1. The van der Waals surface area contributed by atoms with Gasteiger partial charge in [-0.3, -0.25) is 0 Å². The Kier molecular flexibility index (Phi) is 2.50. The van der Waals surface area contributed by atoms with Crippen LogP contribution in [0.25, 0.3) is 0 Å². The molecule has 0 unspecified atom stereocenters. The van der Waals surface area contributed by atoms with Crippen LogP contribution in [0.2, 0.25) is 0 Å². The molecule has 0 saturated heterocycles. The van der Waals surface area contributed by atoms with Gasteiger partial charge in [0.15, 0.2) is 0 Å². The van der Waals surface area contributed by atoms with Crippen molar-refractivity contribution in [2.24, 2.45) is 11.8 Å². The second-order valence-corrected chi connectivity index (χ2v) is 3.26. The molecule has 0 heterocycles. The second kappa shape index (κ2) is 3.20. The Morgan fingerprint density at radius 3 is 2.70 bits per heavy atom. The first-order chi connectivity index (χ1) is 4.75. The quantitative estimate of drug-likeness (QED) is 0.552. The molecule has 1 heteroatoms. The van der Waals surface area contributed by atoms with Crippen molar-refractivity contribution in [2.45, 2.75) is 32.3 Å². The highest BCUT2D eigenvalue weighted by atomic mass is 16.3. The third-order valence-corrected chi connectivity index (χ3v) is 2.62. The van der Waals surface area contributed by atoms with E-state index in [1.807, 2.05) is 6.08 Å². The highest BCUT2D eigenvalue weighted by molar-refractivity contribution is 4.89. The average Bonchev–Trinajstić information content (AvgIpc) is 1.95. The third-order valence-electron chi connectivity index (χ3n) is 2.62. The van der Waals surface area contributed by atoms with Crippen molar-refractivity contribution >= 4 is 0 Å². The maximum Gasteiger partial charge on any atom is 0.0571 e. The molecule has 0 aromatic heterocycles. The van der Waals surface area contributed by atoms with Crippen molar-refractivity contribution < 1.29 is 5.11 Å². The number of rotatable bonds is 1. The Bertz CT molecular complexity index is 120. The summed E-state index contributed by atoms with van der Waals surface area (Å²) in [5.41, 5.74) is 0. The monoisotopic (exact) mass is 140 g/mol. The molecule has 0 amide bonds. The van der Waals surface area contributed by atoms with E-state index in [1.54, 1.807) is 0 Å². The predicted molar refractivity (Wildman–Crippen MR) is 42.7 cm³/mol. The van der Waals surface area contributed by atoms with Gasteiger partial charge in [0.2, 0.25) is 0 Å². The van der Waals surface area contributed by atoms with E-state index in [9.17, 15) is 5.11 Å². The number of aliphatic hydroxyl groups is 1. The molecule has 1 aliphatic rings. The molecular formula is C9H16O. The van der Waals surface area contributed by atoms with Crippen molar-refractivity contribution in [1.82, 2.24) is 0 Å². The van der Waals surface area contributed by atoms with E-state index in [0.29, 0.717) is 11.8 Å². The molecule has 0 spiro atoms. The summed E-state index contributed by atoms with van der Waals surface area (Å²) < 4.78 is 0. The van der Waals surface area contributed by atoms with Gasteiger partial charge in [-0.2, -0.15) is 0 Å². The molecule has 10 heavy (non-hydrogen) atoms. The van der Waals surface area contributed by atoms with Gasteiger partial charge in [0.25, 0.3) is 0 Å². The molecule has 3 atom stereocenters. The summed E-state index contributed by atoms with van der Waals surface area (Å²) >= 11 is 0. The summed E-state index contributed by atoms with van der Waals surface area (Å²) in [5.74, 6) is 0.968. The van der Waals surface area contributed by atoms with Gasteiger partial charge in [-0.25, -0.2) is 0 Å². The van der Waals surface area contributed by atoms with Gasteiger partial charge >= 0.3 is 0 Å². The Labute approximate surface area is 62.8 Å². The Balaban J connectivity index is 2.50. The van der Waals surface area contributed by atoms with Crippen molar-refractivity contribution in [3.8, 4) is 0 Å². The summed E-state index contributed by atoms with van der Waals surface area (Å²) in [4.78, 5) is 0. The third kappa shape index (κ3) is 1.40. The zero-order valence-corrected chi connectivity index (χ0v) is 6.59. The molecule has 0 aliphatic heterocycles. The standard InChI is InChI=1S/C9H16O/c1-3-8-5-4-6-9(10)7(8)2/h3,7-10H,1,4-6H2,2H3/t7-,8-,9+/m0/s1. The first-order valence-corrected chi connectivity index (χ1v) is 4.06. The van der Waals surface area contributed by atoms with E-state index in [1.165, 1.54) is 6.42 Å². The molecule has 1 N–H and O–H groups in total. The zero-order chi connectivity index (χ0) is 7.56. The summed E-state index contributed by atoms with van der Waals surface area (Å²) in [7, 11) is 0. The highest BCUT2D eigenvalue weighted by Crippen LogP contribution is 2.30. The SMILES string of the molecule is C=C[C@H]1CCC[C@@H](O)[C@H]1C. The van der Waals surface area contributed by atoms with E-state index >= 15 is 0 Å². The summed E-state index contributed by atoms with van der Waals surface area (Å²) in [6, 6.07) is 0. The van der Waals surface area contributed by atoms with E-state index in [-0.39, 0.29) is 6.10 Å². The van der Waals surface area contributed by atoms with Crippen molar-refractivity contribution in [1.29, 1.82) is 0 Å². The summed E-state index contributed by atoms with van der Waals surface area (Å²) in [6.07, 6.45) is 5.24. The minimum absolute atomic E-state index is 0.0863. The Hall–Kier alpha value is -0.300. The molecule has 0 bridgehead atoms. The Morgan fingerprint density at radius 2 is 2.20 bits per heavy atom. The molecule has 1 rings (SSSR count). The van der Waals surface area contributed by atoms with Gasteiger partial charge in [0.05, 0.1) is 6.10 Å². The first kappa shape index (κ1) is 7.80. The predicted octanol–water partition coefficient (Wildman–Crippen LogP) is 1.97. The number of hydrogen-bond acceptors (Lipinski definition) is 1. The second-order valence-electron chi connectivity index (χ2n) is 3.26. The van der Waals surface area contributed by atoms with Gasteiger partial charge in [0.1, 0.15) is 0 Å². The van der Waals surface area contributed by atoms with Gasteiger partial charge in [-0.1, -0.05) is 19.4 Å². The fourth-order valence-corrected chi connectivity index (χ4v) is 1.71. The van der Waals surface area contributed by atoms with Crippen molar-refractivity contribution in [3.05, 3.63) is 12.7 Å². The lowest BCUT2D eigenvalue weighted by Crippen LogP contribution is -2.28. The van der Waals surface area contributed by atoms with Gasteiger partial charge in [-0.05, 0) is 24.7 Å². The minimum atomic E-state index is -0.0863. The average molecular weight is 140 g/mol. The molecule has 1 fully saturated rings. The highest BCUT2D eigenvalue weighted by Gasteiger charge is 2.25. The lowest BCUT2D eigenvalue weighted by Gasteiger charge is -2.30. The summed E-state index contributed by atoms with van der Waals surface area (Å²) in [6.45, 7) is 5.87. The van der Waals surface area contributed by atoms with Crippen LogP contribution in [-0.4, -0.2) is 11.2 Å². The molecule has 0 aromatic rings. The minimum Gasteiger partial charge on any atom is -0.393 e. The smallest absolute Gasteiger partial charge is 0.0571 e. The lowest BCUT2D eigenvalue weighted by atomic mass is 9.79. The van der Waals surface area contributed by atoms with E-state index in [2.05, 4.69) is 13.5 Å². The van der Waals surface area contributed by atoms with Gasteiger partial charge in [0, 0.05) is 0 Å². The van der Waals surface area contributed by atoms with Gasteiger partial charge in [-0.15, -0.1) is 6.58 Å². The first-order valence-electron chi connectivity index (χ1n) is 4.06. The van der Waals surface area contributed by atoms with Crippen molar-refractivity contribution in [3.63, 3.8) is 0 Å². The van der Waals surface area contributed by atoms with Crippen LogP contribution in [0.1, 0.15) is 26.2 Å². The fourth-order valence-electron chi connectivity index (χ4n) is 1.71. The van der Waals surface area contributed by atoms with Crippen LogP contribution in [0, 0.1) is 11.8 Å². The van der Waals surface area contributed by atoms with E-state index in [4.69, 9.17) is 0 Å². The molecule has 0 radical (unpaired) electrons. The lowest BCUT2D eigenvalue weighted by molar-refractivity contribution is 0.0571. The fraction of sp³-hybridized carbons (Fsp3) is 0.778. The van der Waals surface area contributed by atoms with Crippen LogP contribution in [0.5, 0.6) is 0 Å². The van der Waals surface area contributed by atoms with Crippen LogP contribution in [0.3, 0.4) is 0 Å². The summed E-state index contributed by atoms with van der Waals surface area (Å²) in [5, 5.41) is 9.43. The number of aliphatic hydroxyl groups excluding tert-OH is 1. The van der Waals surface area contributed by atoms with Crippen LogP contribution in [0.15, 0.2) is 12.7 Å². The van der Waals surface area contributed by atoms with Crippen LogP contribution >= 0.6 is 0 Å². The topological polar surface area (TPSA) is 20.2 Å². The maximum atomic E-state index is 9.43.